The van der Waals surface area contributed by atoms with Gasteiger partial charge in [-0.15, -0.1) is 0 Å². The fourth-order valence-electron chi connectivity index (χ4n) is 2.18. The number of aryl methyl sites for hydroxylation is 2. The SMILES string of the molecule is Cc1cc(C)c2c(c1)C(=O)[C@H](N)CC2. The minimum Gasteiger partial charge on any atom is -0.321 e. The van der Waals surface area contributed by atoms with Crippen LogP contribution >= 0.6 is 0 Å². The zero-order valence-corrected chi connectivity index (χ0v) is 8.63. The fraction of sp³-hybridized carbons (Fsp3) is 0.417. The molecule has 0 bridgehead atoms. The summed E-state index contributed by atoms with van der Waals surface area (Å²) in [6.45, 7) is 4.08. The number of benzene rings is 1. The Hall–Kier alpha value is -1.15. The number of carbonyl (C=O) groups excluding carboxylic acids is 1. The van der Waals surface area contributed by atoms with Crippen LogP contribution in [0, 0.1) is 13.8 Å². The zero-order chi connectivity index (χ0) is 10.3. The highest BCUT2D eigenvalue weighted by atomic mass is 16.1. The van der Waals surface area contributed by atoms with Crippen LogP contribution in [-0.2, 0) is 6.42 Å². The average molecular weight is 189 g/mol. The van der Waals surface area contributed by atoms with Crippen molar-refractivity contribution in [3.05, 3.63) is 34.4 Å². The number of carbonyl (C=O) groups is 1. The number of Topliss-reactive ketones (excluding diaryl/α,β-unsaturated/α-hetero) is 1. The summed E-state index contributed by atoms with van der Waals surface area (Å²) in [6, 6.07) is 3.80. The van der Waals surface area contributed by atoms with E-state index in [0.29, 0.717) is 0 Å². The van der Waals surface area contributed by atoms with Crippen LogP contribution in [0.5, 0.6) is 0 Å². The molecule has 14 heavy (non-hydrogen) atoms. The first-order chi connectivity index (χ1) is 6.59. The van der Waals surface area contributed by atoms with Crippen molar-refractivity contribution in [3.63, 3.8) is 0 Å². The molecule has 0 aromatic heterocycles. The maximum atomic E-state index is 11.8. The molecule has 1 aliphatic carbocycles. The molecule has 0 aliphatic heterocycles. The van der Waals surface area contributed by atoms with E-state index in [1.807, 2.05) is 13.0 Å². The smallest absolute Gasteiger partial charge is 0.179 e. The molecule has 1 atom stereocenters. The van der Waals surface area contributed by atoms with Gasteiger partial charge in [0.05, 0.1) is 6.04 Å². The molecule has 0 radical (unpaired) electrons. The van der Waals surface area contributed by atoms with Crippen molar-refractivity contribution in [1.29, 1.82) is 0 Å². The van der Waals surface area contributed by atoms with Crippen LogP contribution in [0.4, 0.5) is 0 Å². The van der Waals surface area contributed by atoms with Crippen molar-refractivity contribution < 1.29 is 4.79 Å². The first kappa shape index (κ1) is 9.41. The van der Waals surface area contributed by atoms with Gasteiger partial charge in [0.2, 0.25) is 0 Å². The number of hydrogen-bond donors (Lipinski definition) is 1. The van der Waals surface area contributed by atoms with E-state index < -0.39 is 0 Å². The third-order valence-electron chi connectivity index (χ3n) is 2.92. The van der Waals surface area contributed by atoms with Crippen LogP contribution in [0.2, 0.25) is 0 Å². The highest BCUT2D eigenvalue weighted by Gasteiger charge is 2.25. The van der Waals surface area contributed by atoms with Crippen molar-refractivity contribution in [2.75, 3.05) is 0 Å². The van der Waals surface area contributed by atoms with Crippen molar-refractivity contribution >= 4 is 5.78 Å². The summed E-state index contributed by atoms with van der Waals surface area (Å²) in [7, 11) is 0. The van der Waals surface area contributed by atoms with Crippen LogP contribution in [-0.4, -0.2) is 11.8 Å². The Morgan fingerprint density at radius 1 is 1.36 bits per heavy atom. The van der Waals surface area contributed by atoms with Gasteiger partial charge in [-0.25, -0.2) is 0 Å². The Morgan fingerprint density at radius 2 is 2.07 bits per heavy atom. The lowest BCUT2D eigenvalue weighted by molar-refractivity contribution is 0.0948. The molecule has 0 spiro atoms. The molecule has 2 N–H and O–H groups in total. The quantitative estimate of drug-likeness (QED) is 0.675. The second-order valence-electron chi connectivity index (χ2n) is 4.12. The maximum absolute atomic E-state index is 11.8. The first-order valence-electron chi connectivity index (χ1n) is 4.99. The Kier molecular flexibility index (Phi) is 2.16. The standard InChI is InChI=1S/C12H15NO/c1-7-5-8(2)9-3-4-11(13)12(14)10(9)6-7/h5-6,11H,3-4,13H2,1-2H3/t11-/m1/s1. The lowest BCUT2D eigenvalue weighted by Gasteiger charge is -2.22. The van der Waals surface area contributed by atoms with E-state index in [9.17, 15) is 4.79 Å². The van der Waals surface area contributed by atoms with Gasteiger partial charge in [-0.05, 0) is 43.9 Å². The number of nitrogens with two attached hydrogens (primary N) is 1. The number of fused-ring (bicyclic) bond motifs is 1. The third kappa shape index (κ3) is 1.36. The molecule has 74 valence electrons. The van der Waals surface area contributed by atoms with E-state index in [1.54, 1.807) is 0 Å². The summed E-state index contributed by atoms with van der Waals surface area (Å²) >= 11 is 0. The van der Waals surface area contributed by atoms with Gasteiger partial charge in [-0.3, -0.25) is 4.79 Å². The topological polar surface area (TPSA) is 43.1 Å². The molecule has 0 saturated carbocycles. The number of hydrogen-bond acceptors (Lipinski definition) is 2. The highest BCUT2D eigenvalue weighted by Crippen LogP contribution is 2.25. The molecular weight excluding hydrogens is 174 g/mol. The van der Waals surface area contributed by atoms with E-state index >= 15 is 0 Å². The normalized spacial score (nSPS) is 20.8. The highest BCUT2D eigenvalue weighted by molar-refractivity contribution is 6.02. The molecule has 1 aromatic carbocycles. The Labute approximate surface area is 84.1 Å². The lowest BCUT2D eigenvalue weighted by Crippen LogP contribution is -2.35. The van der Waals surface area contributed by atoms with E-state index in [4.69, 9.17) is 5.73 Å². The summed E-state index contributed by atoms with van der Waals surface area (Å²) in [4.78, 5) is 11.8. The summed E-state index contributed by atoms with van der Waals surface area (Å²) in [5.41, 5.74) is 10.2. The van der Waals surface area contributed by atoms with Crippen molar-refractivity contribution in [2.24, 2.45) is 5.73 Å². The maximum Gasteiger partial charge on any atom is 0.179 e. The fourth-order valence-corrected chi connectivity index (χ4v) is 2.18. The first-order valence-corrected chi connectivity index (χ1v) is 4.99. The Morgan fingerprint density at radius 3 is 2.79 bits per heavy atom. The minimum atomic E-state index is -0.288. The molecule has 2 heteroatoms. The average Bonchev–Trinajstić information content (AvgIpc) is 2.12. The third-order valence-corrected chi connectivity index (χ3v) is 2.92. The van der Waals surface area contributed by atoms with Gasteiger partial charge in [-0.1, -0.05) is 11.6 Å². The van der Waals surface area contributed by atoms with Gasteiger partial charge < -0.3 is 5.73 Å². The molecule has 2 nitrogen and oxygen atoms in total. The van der Waals surface area contributed by atoms with Gasteiger partial charge >= 0.3 is 0 Å². The summed E-state index contributed by atoms with van der Waals surface area (Å²) < 4.78 is 0. The molecule has 1 aromatic rings. The predicted molar refractivity (Wildman–Crippen MR) is 56.5 cm³/mol. The van der Waals surface area contributed by atoms with Gasteiger partial charge in [0.25, 0.3) is 0 Å². The Balaban J connectivity index is 2.60. The second kappa shape index (κ2) is 3.21. The second-order valence-corrected chi connectivity index (χ2v) is 4.12. The predicted octanol–water partition coefficient (Wildman–Crippen LogP) is 1.76. The molecular formula is C12H15NO. The van der Waals surface area contributed by atoms with Crippen molar-refractivity contribution in [1.82, 2.24) is 0 Å². The molecule has 0 amide bonds. The van der Waals surface area contributed by atoms with Gasteiger partial charge in [0, 0.05) is 5.56 Å². The summed E-state index contributed by atoms with van der Waals surface area (Å²) in [6.07, 6.45) is 1.73. The molecule has 0 fully saturated rings. The zero-order valence-electron chi connectivity index (χ0n) is 8.63. The lowest BCUT2D eigenvalue weighted by atomic mass is 9.84. The molecule has 2 rings (SSSR count). The van der Waals surface area contributed by atoms with E-state index in [0.717, 1.165) is 24.0 Å². The Bertz CT molecular complexity index is 396. The molecule has 0 unspecified atom stereocenters. The van der Waals surface area contributed by atoms with Crippen molar-refractivity contribution in [2.45, 2.75) is 32.7 Å². The van der Waals surface area contributed by atoms with Gasteiger partial charge in [0.1, 0.15) is 0 Å². The summed E-state index contributed by atoms with van der Waals surface area (Å²) in [5, 5.41) is 0. The number of rotatable bonds is 0. The van der Waals surface area contributed by atoms with Crippen LogP contribution in [0.1, 0.15) is 33.5 Å². The van der Waals surface area contributed by atoms with Crippen LogP contribution in [0.15, 0.2) is 12.1 Å². The van der Waals surface area contributed by atoms with Gasteiger partial charge in [-0.2, -0.15) is 0 Å². The number of ketones is 1. The van der Waals surface area contributed by atoms with Crippen LogP contribution < -0.4 is 5.73 Å². The van der Waals surface area contributed by atoms with E-state index in [2.05, 4.69) is 13.0 Å². The van der Waals surface area contributed by atoms with E-state index in [-0.39, 0.29) is 11.8 Å². The molecule has 1 aliphatic rings. The van der Waals surface area contributed by atoms with Crippen LogP contribution in [0.25, 0.3) is 0 Å². The largest absolute Gasteiger partial charge is 0.321 e. The van der Waals surface area contributed by atoms with Gasteiger partial charge in [0.15, 0.2) is 5.78 Å². The van der Waals surface area contributed by atoms with Crippen molar-refractivity contribution in [3.8, 4) is 0 Å². The molecule has 0 heterocycles. The molecule has 0 saturated heterocycles. The van der Waals surface area contributed by atoms with E-state index in [1.165, 1.54) is 11.1 Å². The minimum absolute atomic E-state index is 0.109. The summed E-state index contributed by atoms with van der Waals surface area (Å²) in [5.74, 6) is 0.109. The monoisotopic (exact) mass is 189 g/mol. The van der Waals surface area contributed by atoms with Crippen LogP contribution in [0.3, 0.4) is 0 Å².